The first-order valence-corrected chi connectivity index (χ1v) is 10.9. The third-order valence-electron chi connectivity index (χ3n) is 4.56. The van der Waals surface area contributed by atoms with Crippen LogP contribution in [0.1, 0.15) is 17.0 Å². The molecule has 0 saturated carbocycles. The Labute approximate surface area is 173 Å². The molecular formula is C18H18Br2N4OS. The lowest BCUT2D eigenvalue weighted by Crippen LogP contribution is -2.65. The molecule has 2 aliphatic rings. The molecule has 0 aliphatic carbocycles. The summed E-state index contributed by atoms with van der Waals surface area (Å²) in [6.07, 6.45) is -0.0626. The van der Waals surface area contributed by atoms with Crippen LogP contribution in [0.25, 0.3) is 0 Å². The molecule has 2 fully saturated rings. The summed E-state index contributed by atoms with van der Waals surface area (Å²) < 4.78 is 2.13. The maximum atomic E-state index is 12.5. The SMILES string of the molecule is O=C1NC(SCc2ccc(Br)cc2)NC2C(c3ccc(Br)cc3)CNN12. The van der Waals surface area contributed by atoms with Gasteiger partial charge in [0, 0.05) is 27.2 Å². The van der Waals surface area contributed by atoms with Gasteiger partial charge in [-0.3, -0.25) is 5.32 Å². The number of nitrogens with zero attached hydrogens (tertiary/aromatic N) is 1. The average Bonchev–Trinajstić information content (AvgIpc) is 3.06. The van der Waals surface area contributed by atoms with Crippen molar-refractivity contribution >= 4 is 49.7 Å². The number of carbonyl (C=O) groups excluding carboxylic acids is 1. The van der Waals surface area contributed by atoms with E-state index in [1.165, 1.54) is 11.1 Å². The zero-order valence-electron chi connectivity index (χ0n) is 13.8. The fraction of sp³-hybridized carbons (Fsp3) is 0.278. The van der Waals surface area contributed by atoms with Crippen molar-refractivity contribution in [2.45, 2.75) is 23.3 Å². The normalized spacial score (nSPS) is 25.1. The number of hydrogen-bond acceptors (Lipinski definition) is 4. The Morgan fingerprint density at radius 2 is 1.69 bits per heavy atom. The second-order valence-electron chi connectivity index (χ2n) is 6.27. The Balaban J connectivity index is 1.44. The number of amides is 2. The number of carbonyl (C=O) groups is 1. The number of thioether (sulfide) groups is 1. The smallest absolute Gasteiger partial charge is 0.312 e. The molecule has 3 unspecified atom stereocenters. The molecule has 2 aromatic carbocycles. The summed E-state index contributed by atoms with van der Waals surface area (Å²) in [7, 11) is 0. The maximum Gasteiger partial charge on any atom is 0.335 e. The van der Waals surface area contributed by atoms with Gasteiger partial charge in [-0.2, -0.15) is 0 Å². The quantitative estimate of drug-likeness (QED) is 0.598. The molecule has 3 atom stereocenters. The standard InChI is InChI=1S/C18H18Br2N4OS/c19-13-5-1-11(2-6-13)10-26-17-22-16-15(9-21-24(16)18(25)23-17)12-3-7-14(20)8-4-12/h1-8,15-17,21-22H,9-10H2,(H,23,25). The summed E-state index contributed by atoms with van der Waals surface area (Å²) in [5, 5.41) is 8.24. The molecule has 2 saturated heterocycles. The highest BCUT2D eigenvalue weighted by Crippen LogP contribution is 2.30. The number of fused-ring (bicyclic) bond motifs is 1. The molecular weight excluding hydrogens is 480 g/mol. The van der Waals surface area contributed by atoms with Crippen LogP contribution in [0.3, 0.4) is 0 Å². The lowest BCUT2D eigenvalue weighted by molar-refractivity contribution is 0.128. The van der Waals surface area contributed by atoms with Crippen molar-refractivity contribution in [2.24, 2.45) is 0 Å². The Morgan fingerprint density at radius 3 is 2.38 bits per heavy atom. The highest BCUT2D eigenvalue weighted by atomic mass is 79.9. The predicted octanol–water partition coefficient (Wildman–Crippen LogP) is 3.97. The number of hydrogen-bond donors (Lipinski definition) is 3. The Bertz CT molecular complexity index is 787. The monoisotopic (exact) mass is 496 g/mol. The molecule has 2 aromatic rings. The van der Waals surface area contributed by atoms with Crippen molar-refractivity contribution in [3.63, 3.8) is 0 Å². The van der Waals surface area contributed by atoms with Crippen LogP contribution in [-0.2, 0) is 5.75 Å². The maximum absolute atomic E-state index is 12.5. The van der Waals surface area contributed by atoms with Crippen LogP contribution >= 0.6 is 43.6 Å². The van der Waals surface area contributed by atoms with Crippen LogP contribution in [0.4, 0.5) is 4.79 Å². The zero-order chi connectivity index (χ0) is 18.1. The summed E-state index contributed by atoms with van der Waals surface area (Å²) in [5.41, 5.74) is 5.53. The molecule has 2 amide bonds. The minimum atomic E-state index is -0.120. The van der Waals surface area contributed by atoms with E-state index in [1.807, 2.05) is 24.3 Å². The molecule has 4 rings (SSSR count). The van der Waals surface area contributed by atoms with Gasteiger partial charge in [-0.1, -0.05) is 56.1 Å². The Kier molecular flexibility index (Phi) is 5.56. The Morgan fingerprint density at radius 1 is 1.04 bits per heavy atom. The van der Waals surface area contributed by atoms with Gasteiger partial charge in [0.05, 0.1) is 0 Å². The van der Waals surface area contributed by atoms with Crippen LogP contribution in [0.5, 0.6) is 0 Å². The van der Waals surface area contributed by atoms with Gasteiger partial charge in [0.15, 0.2) is 0 Å². The third-order valence-corrected chi connectivity index (χ3v) is 6.71. The average molecular weight is 498 g/mol. The number of rotatable bonds is 4. The summed E-state index contributed by atoms with van der Waals surface area (Å²) in [4.78, 5) is 12.5. The molecule has 0 radical (unpaired) electrons. The van der Waals surface area contributed by atoms with E-state index in [2.05, 4.69) is 72.2 Å². The first-order chi connectivity index (χ1) is 12.6. The van der Waals surface area contributed by atoms with E-state index in [4.69, 9.17) is 0 Å². The number of benzene rings is 2. The molecule has 5 nitrogen and oxygen atoms in total. The van der Waals surface area contributed by atoms with Gasteiger partial charge in [0.1, 0.15) is 11.7 Å². The van der Waals surface area contributed by atoms with Crippen LogP contribution in [0, 0.1) is 0 Å². The molecule has 136 valence electrons. The van der Waals surface area contributed by atoms with Crippen LogP contribution < -0.4 is 16.1 Å². The molecule has 0 spiro atoms. The molecule has 8 heteroatoms. The topological polar surface area (TPSA) is 56.4 Å². The van der Waals surface area contributed by atoms with Crippen LogP contribution in [0.2, 0.25) is 0 Å². The van der Waals surface area contributed by atoms with Crippen molar-refractivity contribution in [1.82, 2.24) is 21.1 Å². The summed E-state index contributed by atoms with van der Waals surface area (Å²) >= 11 is 8.62. The fourth-order valence-corrected chi connectivity index (χ4v) is 4.71. The molecule has 2 aliphatic heterocycles. The van der Waals surface area contributed by atoms with E-state index in [0.717, 1.165) is 21.2 Å². The fourth-order valence-electron chi connectivity index (χ4n) is 3.21. The van der Waals surface area contributed by atoms with Crippen LogP contribution in [-0.4, -0.2) is 29.2 Å². The summed E-state index contributed by atoms with van der Waals surface area (Å²) in [5.74, 6) is 1.04. The highest BCUT2D eigenvalue weighted by molar-refractivity contribution is 9.10. The summed E-state index contributed by atoms with van der Waals surface area (Å²) in [6.45, 7) is 0.733. The van der Waals surface area contributed by atoms with Crippen molar-refractivity contribution in [3.05, 3.63) is 68.6 Å². The van der Waals surface area contributed by atoms with Gasteiger partial charge in [-0.05, 0) is 35.4 Å². The van der Waals surface area contributed by atoms with Gasteiger partial charge in [0.2, 0.25) is 0 Å². The highest BCUT2D eigenvalue weighted by Gasteiger charge is 2.43. The minimum absolute atomic E-state index is 0.0626. The van der Waals surface area contributed by atoms with Gasteiger partial charge < -0.3 is 5.32 Å². The lowest BCUT2D eigenvalue weighted by Gasteiger charge is -2.37. The van der Waals surface area contributed by atoms with Gasteiger partial charge in [-0.25, -0.2) is 15.2 Å². The van der Waals surface area contributed by atoms with Gasteiger partial charge >= 0.3 is 6.03 Å². The number of hydrazine groups is 1. The third kappa shape index (κ3) is 3.94. The molecule has 3 N–H and O–H groups in total. The zero-order valence-corrected chi connectivity index (χ0v) is 17.8. The molecule has 0 bridgehead atoms. The van der Waals surface area contributed by atoms with Crippen molar-refractivity contribution in [1.29, 1.82) is 0 Å². The van der Waals surface area contributed by atoms with E-state index in [9.17, 15) is 4.79 Å². The van der Waals surface area contributed by atoms with E-state index >= 15 is 0 Å². The Hall–Kier alpha value is -1.06. The second-order valence-corrected chi connectivity index (χ2v) is 9.19. The van der Waals surface area contributed by atoms with E-state index in [1.54, 1.807) is 16.8 Å². The van der Waals surface area contributed by atoms with Gasteiger partial charge in [-0.15, -0.1) is 11.8 Å². The number of halogens is 2. The second kappa shape index (κ2) is 7.90. The lowest BCUT2D eigenvalue weighted by atomic mass is 9.97. The first-order valence-electron chi connectivity index (χ1n) is 8.31. The molecule has 2 heterocycles. The largest absolute Gasteiger partial charge is 0.335 e. The van der Waals surface area contributed by atoms with Crippen LogP contribution in [0.15, 0.2) is 57.5 Å². The van der Waals surface area contributed by atoms with Crippen molar-refractivity contribution < 1.29 is 4.79 Å². The van der Waals surface area contributed by atoms with Crippen molar-refractivity contribution in [2.75, 3.05) is 6.54 Å². The molecule has 26 heavy (non-hydrogen) atoms. The number of urea groups is 1. The predicted molar refractivity (Wildman–Crippen MR) is 111 cm³/mol. The first kappa shape index (κ1) is 18.3. The van der Waals surface area contributed by atoms with E-state index in [-0.39, 0.29) is 23.6 Å². The summed E-state index contributed by atoms with van der Waals surface area (Å²) in [6, 6.07) is 16.5. The number of nitrogens with one attached hydrogen (secondary N) is 3. The van der Waals surface area contributed by atoms with Crippen molar-refractivity contribution in [3.8, 4) is 0 Å². The minimum Gasteiger partial charge on any atom is -0.312 e. The molecule has 0 aromatic heterocycles. The van der Waals surface area contributed by atoms with E-state index < -0.39 is 0 Å². The van der Waals surface area contributed by atoms with Gasteiger partial charge in [0.25, 0.3) is 0 Å². The van der Waals surface area contributed by atoms with E-state index in [0.29, 0.717) is 0 Å².